The van der Waals surface area contributed by atoms with Crippen LogP contribution in [-0.4, -0.2) is 28.2 Å². The van der Waals surface area contributed by atoms with Crippen molar-refractivity contribution in [2.45, 2.75) is 38.6 Å². The van der Waals surface area contributed by atoms with Crippen LogP contribution in [0.1, 0.15) is 27.7 Å². The van der Waals surface area contributed by atoms with E-state index < -0.39 is 4.84 Å². The van der Waals surface area contributed by atoms with Gasteiger partial charge in [0.2, 0.25) is 0 Å². The van der Waals surface area contributed by atoms with Crippen LogP contribution < -0.4 is 0 Å². The van der Waals surface area contributed by atoms with E-state index in [4.69, 9.17) is 23.2 Å². The van der Waals surface area contributed by atoms with Crippen LogP contribution in [0.5, 0.6) is 0 Å². The molecule has 2 nitrogen and oxygen atoms in total. The summed E-state index contributed by atoms with van der Waals surface area (Å²) in [6, 6.07) is 0.148. The summed E-state index contributed by atoms with van der Waals surface area (Å²) in [4.78, 5) is 12.2. The van der Waals surface area contributed by atoms with Gasteiger partial charge < -0.3 is 4.90 Å². The van der Waals surface area contributed by atoms with Gasteiger partial charge in [0, 0.05) is 12.6 Å². The van der Waals surface area contributed by atoms with E-state index in [0.717, 1.165) is 0 Å². The number of carbonyl (C=O) groups excluding carboxylic acids is 1. The molecule has 0 saturated heterocycles. The molecule has 0 radical (unpaired) electrons. The molecule has 0 heterocycles. The molecule has 0 N–H and O–H groups in total. The number of alkyl halides is 2. The summed E-state index contributed by atoms with van der Waals surface area (Å²) in [5, 5.41) is 0. The Morgan fingerprint density at radius 3 is 1.92 bits per heavy atom. The molecule has 0 saturated carbocycles. The quantitative estimate of drug-likeness (QED) is 0.675. The number of hydrogen-bond acceptors (Lipinski definition) is 1. The Kier molecular flexibility index (Phi) is 5.73. The molecule has 0 aliphatic heterocycles. The predicted octanol–water partition coefficient (Wildman–Crippen LogP) is 2.68. The van der Waals surface area contributed by atoms with Crippen LogP contribution in [0.15, 0.2) is 0 Å². The first-order chi connectivity index (χ1) is 5.86. The number of nitrogens with zero attached hydrogens (tertiary/aromatic N) is 1. The Hall–Kier alpha value is 0.0500. The predicted molar refractivity (Wildman–Crippen MR) is 57.2 cm³/mol. The van der Waals surface area contributed by atoms with Gasteiger partial charge in [-0.1, -0.05) is 37.0 Å². The van der Waals surface area contributed by atoms with Crippen LogP contribution in [0.4, 0.5) is 0 Å². The minimum Gasteiger partial charge on any atom is -0.338 e. The molecular weight excluding hydrogens is 209 g/mol. The van der Waals surface area contributed by atoms with Gasteiger partial charge in [-0.3, -0.25) is 4.79 Å². The SMILES string of the molecule is CC(C)CN(C(=O)C(Cl)Cl)C(C)C. The van der Waals surface area contributed by atoms with E-state index in [1.807, 2.05) is 13.8 Å². The summed E-state index contributed by atoms with van der Waals surface area (Å²) in [6.07, 6.45) is 0. The van der Waals surface area contributed by atoms with Crippen molar-refractivity contribution < 1.29 is 4.79 Å². The molecule has 0 aliphatic rings. The summed E-state index contributed by atoms with van der Waals surface area (Å²) in [5.74, 6) is 0.227. The van der Waals surface area contributed by atoms with Crippen molar-refractivity contribution in [3.8, 4) is 0 Å². The van der Waals surface area contributed by atoms with Gasteiger partial charge in [-0.15, -0.1) is 0 Å². The summed E-state index contributed by atoms with van der Waals surface area (Å²) < 4.78 is 0. The van der Waals surface area contributed by atoms with Gasteiger partial charge in [0.1, 0.15) is 0 Å². The van der Waals surface area contributed by atoms with Crippen molar-refractivity contribution in [1.82, 2.24) is 4.90 Å². The molecular formula is C9H17Cl2NO. The maximum Gasteiger partial charge on any atom is 0.256 e. The van der Waals surface area contributed by atoms with Crippen molar-refractivity contribution in [3.05, 3.63) is 0 Å². The third-order valence-corrected chi connectivity index (χ3v) is 2.03. The fourth-order valence-electron chi connectivity index (χ4n) is 1.07. The van der Waals surface area contributed by atoms with Crippen LogP contribution in [0.2, 0.25) is 0 Å². The van der Waals surface area contributed by atoms with Crippen molar-refractivity contribution >= 4 is 29.1 Å². The van der Waals surface area contributed by atoms with E-state index in [0.29, 0.717) is 12.5 Å². The second-order valence-electron chi connectivity index (χ2n) is 3.78. The Bertz CT molecular complexity index is 169. The summed E-state index contributed by atoms with van der Waals surface area (Å²) in [7, 11) is 0. The fourth-order valence-corrected chi connectivity index (χ4v) is 1.32. The second kappa shape index (κ2) is 5.71. The monoisotopic (exact) mass is 225 g/mol. The third-order valence-electron chi connectivity index (χ3n) is 1.65. The lowest BCUT2D eigenvalue weighted by molar-refractivity contribution is -0.131. The zero-order valence-electron chi connectivity index (χ0n) is 8.55. The second-order valence-corrected chi connectivity index (χ2v) is 4.88. The smallest absolute Gasteiger partial charge is 0.256 e. The molecule has 0 fully saturated rings. The van der Waals surface area contributed by atoms with Gasteiger partial charge in [-0.05, 0) is 19.8 Å². The molecule has 78 valence electrons. The molecule has 13 heavy (non-hydrogen) atoms. The lowest BCUT2D eigenvalue weighted by Gasteiger charge is -2.28. The van der Waals surface area contributed by atoms with E-state index in [1.54, 1.807) is 4.90 Å². The number of rotatable bonds is 4. The molecule has 0 rings (SSSR count). The number of halogens is 2. The number of carbonyl (C=O) groups is 1. The minimum absolute atomic E-state index is 0.148. The number of amides is 1. The van der Waals surface area contributed by atoms with Crippen LogP contribution in [-0.2, 0) is 4.79 Å². The topological polar surface area (TPSA) is 20.3 Å². The van der Waals surface area contributed by atoms with Crippen molar-refractivity contribution in [2.75, 3.05) is 6.54 Å². The van der Waals surface area contributed by atoms with E-state index in [2.05, 4.69) is 13.8 Å². The molecule has 0 aromatic rings. The molecule has 0 atom stereocenters. The highest BCUT2D eigenvalue weighted by atomic mass is 35.5. The zero-order valence-corrected chi connectivity index (χ0v) is 10.1. The summed E-state index contributed by atoms with van der Waals surface area (Å²) in [5.41, 5.74) is 0. The molecule has 0 aromatic heterocycles. The Labute approximate surface area is 90.2 Å². The largest absolute Gasteiger partial charge is 0.338 e. The minimum atomic E-state index is -0.943. The molecule has 0 aromatic carbocycles. The van der Waals surface area contributed by atoms with E-state index in [-0.39, 0.29) is 11.9 Å². The lowest BCUT2D eigenvalue weighted by atomic mass is 10.2. The molecule has 0 aliphatic carbocycles. The van der Waals surface area contributed by atoms with Crippen LogP contribution in [0, 0.1) is 5.92 Å². The summed E-state index contributed by atoms with van der Waals surface area (Å²) >= 11 is 11.0. The van der Waals surface area contributed by atoms with Gasteiger partial charge in [-0.25, -0.2) is 0 Å². The standard InChI is InChI=1S/C9H17Cl2NO/c1-6(2)5-12(7(3)4)9(13)8(10)11/h6-8H,5H2,1-4H3. The highest BCUT2D eigenvalue weighted by Crippen LogP contribution is 2.12. The average Bonchev–Trinajstić information content (AvgIpc) is 1.97. The van der Waals surface area contributed by atoms with Gasteiger partial charge >= 0.3 is 0 Å². The van der Waals surface area contributed by atoms with Crippen molar-refractivity contribution in [1.29, 1.82) is 0 Å². The van der Waals surface area contributed by atoms with Crippen LogP contribution >= 0.6 is 23.2 Å². The maximum atomic E-state index is 11.5. The molecule has 0 spiro atoms. The van der Waals surface area contributed by atoms with Crippen LogP contribution in [0.25, 0.3) is 0 Å². The Morgan fingerprint density at radius 2 is 1.69 bits per heavy atom. The number of hydrogen-bond donors (Lipinski definition) is 0. The van der Waals surface area contributed by atoms with E-state index >= 15 is 0 Å². The van der Waals surface area contributed by atoms with Gasteiger partial charge in [0.25, 0.3) is 5.91 Å². The van der Waals surface area contributed by atoms with Crippen molar-refractivity contribution in [3.63, 3.8) is 0 Å². The maximum absolute atomic E-state index is 11.5. The van der Waals surface area contributed by atoms with Crippen LogP contribution in [0.3, 0.4) is 0 Å². The molecule has 0 bridgehead atoms. The van der Waals surface area contributed by atoms with Gasteiger partial charge in [0.15, 0.2) is 4.84 Å². The van der Waals surface area contributed by atoms with Gasteiger partial charge in [-0.2, -0.15) is 0 Å². The van der Waals surface area contributed by atoms with Gasteiger partial charge in [0.05, 0.1) is 0 Å². The average molecular weight is 226 g/mol. The molecule has 4 heteroatoms. The molecule has 1 amide bonds. The van der Waals surface area contributed by atoms with Crippen molar-refractivity contribution in [2.24, 2.45) is 5.92 Å². The first-order valence-electron chi connectivity index (χ1n) is 4.44. The zero-order chi connectivity index (χ0) is 10.6. The normalized spacial score (nSPS) is 11.5. The first kappa shape index (κ1) is 13.1. The third kappa shape index (κ3) is 4.72. The summed E-state index contributed by atoms with van der Waals surface area (Å²) in [6.45, 7) is 8.72. The Balaban J connectivity index is 4.33. The fraction of sp³-hybridized carbons (Fsp3) is 0.889. The highest BCUT2D eigenvalue weighted by Gasteiger charge is 2.22. The molecule has 0 unspecified atom stereocenters. The van der Waals surface area contributed by atoms with E-state index in [1.165, 1.54) is 0 Å². The first-order valence-corrected chi connectivity index (χ1v) is 5.32. The highest BCUT2D eigenvalue weighted by molar-refractivity contribution is 6.53. The van der Waals surface area contributed by atoms with E-state index in [9.17, 15) is 4.79 Å². The lowest BCUT2D eigenvalue weighted by Crippen LogP contribution is -2.42. The Morgan fingerprint density at radius 1 is 1.23 bits per heavy atom.